The van der Waals surface area contributed by atoms with Gasteiger partial charge < -0.3 is 15.2 Å². The maximum absolute atomic E-state index is 13.0. The summed E-state index contributed by atoms with van der Waals surface area (Å²) in [4.78, 5) is 30.7. The number of fused-ring (bicyclic) bond motifs is 3. The van der Waals surface area contributed by atoms with E-state index >= 15 is 0 Å². The molecule has 1 saturated heterocycles. The van der Waals surface area contributed by atoms with E-state index in [-0.39, 0.29) is 23.8 Å². The van der Waals surface area contributed by atoms with Crippen molar-refractivity contribution in [2.45, 2.75) is 38.3 Å². The number of hydrogen-bond acceptors (Lipinski definition) is 2. The number of likely N-dealkylation sites (tertiary alicyclic amines) is 1. The summed E-state index contributed by atoms with van der Waals surface area (Å²) < 4.78 is 0. The molecule has 1 aliphatic heterocycles. The van der Waals surface area contributed by atoms with Gasteiger partial charge in [0.1, 0.15) is 0 Å². The van der Waals surface area contributed by atoms with Crippen LogP contribution < -0.4 is 5.32 Å². The van der Waals surface area contributed by atoms with Crippen molar-refractivity contribution in [2.24, 2.45) is 5.92 Å². The molecule has 5 heteroatoms. The number of nitrogens with zero attached hydrogens (tertiary/aromatic N) is 1. The average Bonchev–Trinajstić information content (AvgIpc) is 3.30. The molecule has 2 atom stereocenters. The zero-order valence-electron chi connectivity index (χ0n) is 16.4. The fourth-order valence-electron chi connectivity index (χ4n) is 4.75. The Labute approximate surface area is 170 Å². The summed E-state index contributed by atoms with van der Waals surface area (Å²) in [5.74, 6) is -0.227. The van der Waals surface area contributed by atoms with Gasteiger partial charge in [-0.25, -0.2) is 0 Å². The van der Waals surface area contributed by atoms with Gasteiger partial charge >= 0.3 is 0 Å². The van der Waals surface area contributed by atoms with Crippen LogP contribution in [0.15, 0.2) is 54.6 Å². The third kappa shape index (κ3) is 3.41. The molecular formula is C24H25N3O2. The van der Waals surface area contributed by atoms with Crippen molar-refractivity contribution in [1.82, 2.24) is 15.2 Å². The van der Waals surface area contributed by atoms with Crippen LogP contribution in [0.3, 0.4) is 0 Å². The monoisotopic (exact) mass is 387 g/mol. The lowest BCUT2D eigenvalue weighted by Gasteiger charge is -2.25. The average molecular weight is 387 g/mol. The highest BCUT2D eigenvalue weighted by Crippen LogP contribution is 2.35. The van der Waals surface area contributed by atoms with E-state index in [1.165, 1.54) is 10.9 Å². The summed E-state index contributed by atoms with van der Waals surface area (Å²) in [6.07, 6.45) is 3.33. The summed E-state index contributed by atoms with van der Waals surface area (Å²) in [6, 6.07) is 18.3. The lowest BCUT2D eigenvalue weighted by molar-refractivity contribution is -0.129. The number of carbonyl (C=O) groups excluding carboxylic acids is 2. The van der Waals surface area contributed by atoms with Gasteiger partial charge in [0.15, 0.2) is 0 Å². The van der Waals surface area contributed by atoms with Crippen LogP contribution in [0, 0.1) is 5.92 Å². The second kappa shape index (κ2) is 7.39. The number of aromatic nitrogens is 1. The van der Waals surface area contributed by atoms with Gasteiger partial charge in [-0.2, -0.15) is 0 Å². The van der Waals surface area contributed by atoms with Crippen molar-refractivity contribution in [3.8, 4) is 0 Å². The van der Waals surface area contributed by atoms with E-state index in [4.69, 9.17) is 0 Å². The zero-order chi connectivity index (χ0) is 19.8. The van der Waals surface area contributed by atoms with Crippen LogP contribution in [-0.4, -0.2) is 28.2 Å². The molecule has 2 aliphatic rings. The molecule has 5 nitrogen and oxygen atoms in total. The van der Waals surface area contributed by atoms with Crippen LogP contribution in [0.2, 0.25) is 0 Å². The number of aryl methyl sites for hydroxylation is 1. The summed E-state index contributed by atoms with van der Waals surface area (Å²) in [5, 5.41) is 4.49. The number of H-pyrrole nitrogens is 1. The van der Waals surface area contributed by atoms with Crippen LogP contribution >= 0.6 is 0 Å². The van der Waals surface area contributed by atoms with Gasteiger partial charge in [-0.05, 0) is 36.5 Å². The molecule has 2 unspecified atom stereocenters. The van der Waals surface area contributed by atoms with E-state index in [9.17, 15) is 9.59 Å². The summed E-state index contributed by atoms with van der Waals surface area (Å²) >= 11 is 0. The Balaban J connectivity index is 1.29. The third-order valence-corrected chi connectivity index (χ3v) is 6.23. The summed E-state index contributed by atoms with van der Waals surface area (Å²) in [6.45, 7) is 1.06. The Morgan fingerprint density at radius 2 is 1.90 bits per heavy atom. The second-order valence-electron chi connectivity index (χ2n) is 8.18. The van der Waals surface area contributed by atoms with E-state index in [1.54, 1.807) is 4.90 Å². The van der Waals surface area contributed by atoms with E-state index in [0.717, 1.165) is 36.0 Å². The molecule has 2 aromatic carbocycles. The first-order valence-corrected chi connectivity index (χ1v) is 10.4. The van der Waals surface area contributed by atoms with Gasteiger partial charge in [0, 0.05) is 36.1 Å². The molecule has 148 valence electrons. The van der Waals surface area contributed by atoms with Crippen molar-refractivity contribution in [2.75, 3.05) is 6.54 Å². The molecule has 1 aliphatic carbocycles. The van der Waals surface area contributed by atoms with Gasteiger partial charge in [-0.15, -0.1) is 0 Å². The molecule has 0 spiro atoms. The molecule has 0 bridgehead atoms. The maximum Gasteiger partial charge on any atom is 0.225 e. The van der Waals surface area contributed by atoms with E-state index in [2.05, 4.69) is 28.5 Å². The predicted octanol–water partition coefficient (Wildman–Crippen LogP) is 3.71. The number of para-hydroxylation sites is 1. The van der Waals surface area contributed by atoms with Crippen LogP contribution in [-0.2, 0) is 22.6 Å². The number of nitrogens with one attached hydrogen (secondary N) is 2. The molecular weight excluding hydrogens is 362 g/mol. The minimum absolute atomic E-state index is 0.00285. The minimum atomic E-state index is -0.277. The molecule has 0 radical (unpaired) electrons. The number of hydrogen-bond donors (Lipinski definition) is 2. The Morgan fingerprint density at radius 3 is 2.76 bits per heavy atom. The van der Waals surface area contributed by atoms with Gasteiger partial charge in [0.2, 0.25) is 11.8 Å². The first-order valence-electron chi connectivity index (χ1n) is 10.4. The third-order valence-electron chi connectivity index (χ3n) is 6.23. The smallest absolute Gasteiger partial charge is 0.225 e. The minimum Gasteiger partial charge on any atom is -0.356 e. The van der Waals surface area contributed by atoms with Crippen molar-refractivity contribution < 1.29 is 9.59 Å². The summed E-state index contributed by atoms with van der Waals surface area (Å²) in [7, 11) is 0. The topological polar surface area (TPSA) is 65.2 Å². The first kappa shape index (κ1) is 18.0. The highest BCUT2D eigenvalue weighted by molar-refractivity contribution is 5.90. The van der Waals surface area contributed by atoms with E-state index < -0.39 is 0 Å². The highest BCUT2D eigenvalue weighted by atomic mass is 16.2. The number of benzene rings is 2. The largest absolute Gasteiger partial charge is 0.356 e. The lowest BCUT2D eigenvalue weighted by atomic mass is 9.91. The van der Waals surface area contributed by atoms with Gasteiger partial charge in [-0.1, -0.05) is 48.5 Å². The predicted molar refractivity (Wildman–Crippen MR) is 112 cm³/mol. The fourth-order valence-corrected chi connectivity index (χ4v) is 4.75. The molecule has 2 heterocycles. The number of aromatic amines is 1. The first-order chi connectivity index (χ1) is 14.2. The van der Waals surface area contributed by atoms with Crippen molar-refractivity contribution in [1.29, 1.82) is 0 Å². The SMILES string of the molecule is O=C(NC1CCCc2c1[nH]c1ccccc21)C1CC(=O)N(Cc2ccccc2)C1. The molecule has 5 rings (SSSR count). The molecule has 2 N–H and O–H groups in total. The van der Waals surface area contributed by atoms with Crippen molar-refractivity contribution in [3.05, 3.63) is 71.4 Å². The molecule has 29 heavy (non-hydrogen) atoms. The number of rotatable bonds is 4. The Kier molecular flexibility index (Phi) is 4.58. The van der Waals surface area contributed by atoms with Gasteiger partial charge in [0.05, 0.1) is 12.0 Å². The summed E-state index contributed by atoms with van der Waals surface area (Å²) in [5.41, 5.74) is 4.68. The Hall–Kier alpha value is -3.08. The van der Waals surface area contributed by atoms with Crippen LogP contribution in [0.1, 0.15) is 42.1 Å². The van der Waals surface area contributed by atoms with Gasteiger partial charge in [0.25, 0.3) is 0 Å². The van der Waals surface area contributed by atoms with Crippen molar-refractivity contribution >= 4 is 22.7 Å². The number of amides is 2. The van der Waals surface area contributed by atoms with Crippen molar-refractivity contribution in [3.63, 3.8) is 0 Å². The van der Waals surface area contributed by atoms with Crippen LogP contribution in [0.4, 0.5) is 0 Å². The fraction of sp³-hybridized carbons (Fsp3) is 0.333. The van der Waals surface area contributed by atoms with Crippen LogP contribution in [0.25, 0.3) is 10.9 Å². The van der Waals surface area contributed by atoms with E-state index in [0.29, 0.717) is 19.5 Å². The normalized spacial score (nSPS) is 21.4. The quantitative estimate of drug-likeness (QED) is 0.717. The highest BCUT2D eigenvalue weighted by Gasteiger charge is 2.36. The zero-order valence-corrected chi connectivity index (χ0v) is 16.4. The Morgan fingerprint density at radius 1 is 1.10 bits per heavy atom. The lowest BCUT2D eigenvalue weighted by Crippen LogP contribution is -2.36. The molecule has 0 saturated carbocycles. The molecule has 2 amide bonds. The maximum atomic E-state index is 13.0. The molecule has 1 fully saturated rings. The van der Waals surface area contributed by atoms with E-state index in [1.807, 2.05) is 36.4 Å². The van der Waals surface area contributed by atoms with Crippen LogP contribution in [0.5, 0.6) is 0 Å². The molecule has 1 aromatic heterocycles. The second-order valence-corrected chi connectivity index (χ2v) is 8.18. The Bertz CT molecular complexity index is 1060. The molecule has 3 aromatic rings. The number of carbonyl (C=O) groups is 2. The van der Waals surface area contributed by atoms with Gasteiger partial charge in [-0.3, -0.25) is 9.59 Å². The standard InChI is InChI=1S/C24H25N3O2/c28-22-13-17(15-27(22)14-16-7-2-1-3-8-16)24(29)26-21-12-6-10-19-18-9-4-5-11-20(18)25-23(19)21/h1-5,7-9,11,17,21,25H,6,10,12-15H2,(H,26,29).